The third kappa shape index (κ3) is 2.75. The monoisotopic (exact) mass is 296 g/mol. The zero-order chi connectivity index (χ0) is 14.9. The van der Waals surface area contributed by atoms with Crippen LogP contribution in [0, 0.1) is 17.5 Å². The molecule has 2 nitrogen and oxygen atoms in total. The Kier molecular flexibility index (Phi) is 3.94. The molecule has 0 aliphatic rings. The number of hydrogen-bond donors (Lipinski definition) is 1. The molecule has 0 aromatic heterocycles. The Balaban J connectivity index is 2.50. The van der Waals surface area contributed by atoms with E-state index in [0.29, 0.717) is 5.69 Å². The van der Waals surface area contributed by atoms with Gasteiger partial charge in [0.25, 0.3) is 0 Å². The Morgan fingerprint density at radius 3 is 2.20 bits per heavy atom. The summed E-state index contributed by atoms with van der Waals surface area (Å²) < 4.78 is 41.2. The number of anilines is 2. The van der Waals surface area contributed by atoms with Crippen LogP contribution in [0.2, 0.25) is 0 Å². The first-order valence-corrected chi connectivity index (χ1v) is 6.09. The summed E-state index contributed by atoms with van der Waals surface area (Å²) in [5.74, 6) is -2.13. The second-order valence-corrected chi connectivity index (χ2v) is 4.63. The molecule has 6 heteroatoms. The molecule has 0 radical (unpaired) electrons. The van der Waals surface area contributed by atoms with Crippen LogP contribution >= 0.6 is 12.2 Å². The van der Waals surface area contributed by atoms with Crippen LogP contribution in [0.3, 0.4) is 0 Å². The number of thiocarbonyl (C=S) groups is 1. The predicted octanol–water partition coefficient (Wildman–Crippen LogP) is 3.51. The molecule has 0 fully saturated rings. The van der Waals surface area contributed by atoms with Gasteiger partial charge in [-0.3, -0.25) is 0 Å². The highest BCUT2D eigenvalue weighted by Gasteiger charge is 2.17. The molecule has 0 aliphatic heterocycles. The van der Waals surface area contributed by atoms with E-state index < -0.39 is 17.5 Å². The average Bonchev–Trinajstić information content (AvgIpc) is 2.37. The molecular weight excluding hydrogens is 285 g/mol. The Morgan fingerprint density at radius 2 is 1.70 bits per heavy atom. The van der Waals surface area contributed by atoms with Crippen molar-refractivity contribution >= 4 is 28.6 Å². The first-order chi connectivity index (χ1) is 9.40. The van der Waals surface area contributed by atoms with Gasteiger partial charge in [-0.1, -0.05) is 18.3 Å². The van der Waals surface area contributed by atoms with E-state index in [4.69, 9.17) is 5.73 Å². The highest BCUT2D eigenvalue weighted by atomic mass is 32.1. The lowest BCUT2D eigenvalue weighted by atomic mass is 10.1. The van der Waals surface area contributed by atoms with E-state index in [2.05, 4.69) is 12.2 Å². The van der Waals surface area contributed by atoms with Crippen molar-refractivity contribution in [1.82, 2.24) is 0 Å². The molecule has 0 heterocycles. The van der Waals surface area contributed by atoms with Crippen LogP contribution in [0.4, 0.5) is 24.5 Å². The summed E-state index contributed by atoms with van der Waals surface area (Å²) in [6, 6.07) is 7.54. The highest BCUT2D eigenvalue weighted by molar-refractivity contribution is 7.80. The SMILES string of the molecule is CN(c1cccc(F)c1)c1c(F)cc(C(N)=S)cc1F. The molecular formula is C14H11F3N2S. The minimum Gasteiger partial charge on any atom is -0.389 e. The van der Waals surface area contributed by atoms with Crippen molar-refractivity contribution in [2.24, 2.45) is 5.73 Å². The largest absolute Gasteiger partial charge is 0.389 e. The second-order valence-electron chi connectivity index (χ2n) is 4.19. The van der Waals surface area contributed by atoms with Gasteiger partial charge >= 0.3 is 0 Å². The zero-order valence-corrected chi connectivity index (χ0v) is 11.3. The molecule has 0 atom stereocenters. The van der Waals surface area contributed by atoms with Crippen molar-refractivity contribution in [3.8, 4) is 0 Å². The van der Waals surface area contributed by atoms with E-state index in [-0.39, 0.29) is 16.2 Å². The molecule has 2 aromatic carbocycles. The van der Waals surface area contributed by atoms with Crippen molar-refractivity contribution in [3.63, 3.8) is 0 Å². The van der Waals surface area contributed by atoms with Crippen LogP contribution < -0.4 is 10.6 Å². The van der Waals surface area contributed by atoms with Crippen LogP contribution in [0.15, 0.2) is 36.4 Å². The number of rotatable bonds is 3. The summed E-state index contributed by atoms with van der Waals surface area (Å²) in [5, 5.41) is 0. The van der Waals surface area contributed by atoms with Crippen LogP contribution in [0.5, 0.6) is 0 Å². The number of hydrogen-bond acceptors (Lipinski definition) is 2. The summed E-state index contributed by atoms with van der Waals surface area (Å²) >= 11 is 4.68. The third-order valence-corrected chi connectivity index (χ3v) is 3.07. The van der Waals surface area contributed by atoms with Gasteiger partial charge in [0.05, 0.1) is 0 Å². The fourth-order valence-electron chi connectivity index (χ4n) is 1.84. The first-order valence-electron chi connectivity index (χ1n) is 5.68. The van der Waals surface area contributed by atoms with Gasteiger partial charge in [-0.2, -0.15) is 0 Å². The minimum absolute atomic E-state index is 0.0947. The van der Waals surface area contributed by atoms with Crippen LogP contribution in [-0.2, 0) is 0 Å². The van der Waals surface area contributed by atoms with E-state index in [1.807, 2.05) is 0 Å². The maximum atomic E-state index is 14.0. The topological polar surface area (TPSA) is 29.3 Å². The summed E-state index contributed by atoms with van der Waals surface area (Å²) in [5.41, 5.74) is 5.48. The van der Waals surface area contributed by atoms with Crippen molar-refractivity contribution in [2.45, 2.75) is 0 Å². The highest BCUT2D eigenvalue weighted by Crippen LogP contribution is 2.30. The van der Waals surface area contributed by atoms with Gasteiger partial charge in [0.15, 0.2) is 11.6 Å². The Morgan fingerprint density at radius 1 is 1.10 bits per heavy atom. The fourth-order valence-corrected chi connectivity index (χ4v) is 1.96. The number of nitrogens with zero attached hydrogens (tertiary/aromatic N) is 1. The summed E-state index contributed by atoms with van der Waals surface area (Å²) in [6.45, 7) is 0. The molecule has 0 saturated carbocycles. The lowest BCUT2D eigenvalue weighted by Crippen LogP contribution is -2.16. The average molecular weight is 296 g/mol. The van der Waals surface area contributed by atoms with E-state index in [9.17, 15) is 13.2 Å². The standard InChI is InChI=1S/C14H11F3N2S/c1-19(10-4-2-3-9(15)7-10)13-11(16)5-8(14(18)20)6-12(13)17/h2-7H,1H3,(H2,18,20). The van der Waals surface area contributed by atoms with Gasteiger partial charge < -0.3 is 10.6 Å². The fraction of sp³-hybridized carbons (Fsp3) is 0.0714. The van der Waals surface area contributed by atoms with E-state index in [1.54, 1.807) is 6.07 Å². The minimum atomic E-state index is -0.820. The van der Waals surface area contributed by atoms with Crippen molar-refractivity contribution in [2.75, 3.05) is 11.9 Å². The lowest BCUT2D eigenvalue weighted by molar-refractivity contribution is 0.583. The molecule has 2 rings (SSSR count). The smallest absolute Gasteiger partial charge is 0.150 e. The van der Waals surface area contributed by atoms with Crippen molar-refractivity contribution < 1.29 is 13.2 Å². The van der Waals surface area contributed by atoms with Crippen LogP contribution in [-0.4, -0.2) is 12.0 Å². The van der Waals surface area contributed by atoms with Gasteiger partial charge in [-0.25, -0.2) is 13.2 Å². The third-order valence-electron chi connectivity index (χ3n) is 2.83. The molecule has 0 spiro atoms. The number of halogens is 3. The Bertz CT molecular complexity index is 650. The molecule has 0 saturated heterocycles. The van der Waals surface area contributed by atoms with Gasteiger partial charge in [0.2, 0.25) is 0 Å². The zero-order valence-electron chi connectivity index (χ0n) is 10.5. The van der Waals surface area contributed by atoms with Crippen molar-refractivity contribution in [3.05, 3.63) is 59.4 Å². The Hall–Kier alpha value is -2.08. The molecule has 2 aromatic rings. The second kappa shape index (κ2) is 5.50. The normalized spacial score (nSPS) is 10.4. The number of nitrogens with two attached hydrogens (primary N) is 1. The molecule has 2 N–H and O–H groups in total. The molecule has 0 unspecified atom stereocenters. The predicted molar refractivity (Wildman–Crippen MR) is 76.7 cm³/mol. The van der Waals surface area contributed by atoms with Crippen LogP contribution in [0.1, 0.15) is 5.56 Å². The van der Waals surface area contributed by atoms with Gasteiger partial charge in [-0.15, -0.1) is 0 Å². The van der Waals surface area contributed by atoms with Crippen molar-refractivity contribution in [1.29, 1.82) is 0 Å². The lowest BCUT2D eigenvalue weighted by Gasteiger charge is -2.21. The summed E-state index contributed by atoms with van der Waals surface area (Å²) in [4.78, 5) is 1.12. The summed E-state index contributed by atoms with van der Waals surface area (Å²) in [6.07, 6.45) is 0. The molecule has 0 bridgehead atoms. The Labute approximate surface area is 119 Å². The molecule has 0 aliphatic carbocycles. The molecule has 20 heavy (non-hydrogen) atoms. The quantitative estimate of drug-likeness (QED) is 0.879. The maximum absolute atomic E-state index is 14.0. The molecule has 104 valence electrons. The van der Waals surface area contributed by atoms with E-state index >= 15 is 0 Å². The van der Waals surface area contributed by atoms with Gasteiger partial charge in [-0.05, 0) is 30.3 Å². The van der Waals surface area contributed by atoms with E-state index in [0.717, 1.165) is 12.1 Å². The molecule has 0 amide bonds. The maximum Gasteiger partial charge on any atom is 0.150 e. The first kappa shape index (κ1) is 14.3. The van der Waals surface area contributed by atoms with E-state index in [1.165, 1.54) is 30.1 Å². The summed E-state index contributed by atoms with van der Waals surface area (Å²) in [7, 11) is 1.44. The number of benzene rings is 2. The van der Waals surface area contributed by atoms with Crippen LogP contribution in [0.25, 0.3) is 0 Å². The van der Waals surface area contributed by atoms with Gasteiger partial charge in [0.1, 0.15) is 16.5 Å². The van der Waals surface area contributed by atoms with Gasteiger partial charge in [0, 0.05) is 18.3 Å².